The number of hydrogen-bond donors (Lipinski definition) is 0. The number of fused-ring (bicyclic) bond motifs is 3. The Kier molecular flexibility index (Phi) is 2.84. The van der Waals surface area contributed by atoms with Crippen LogP contribution in [0, 0.1) is 0 Å². The highest BCUT2D eigenvalue weighted by atomic mass is 32.2. The van der Waals surface area contributed by atoms with E-state index in [1.54, 1.807) is 29.7 Å². The number of nitrogens with zero attached hydrogens (tertiary/aromatic N) is 5. The van der Waals surface area contributed by atoms with Gasteiger partial charge in [-0.1, -0.05) is 38.6 Å². The Labute approximate surface area is 131 Å². The molecule has 0 unspecified atom stereocenters. The average molecular weight is 317 g/mol. The van der Waals surface area contributed by atoms with Gasteiger partial charge in [0.2, 0.25) is 5.16 Å². The molecule has 2 aliphatic rings. The van der Waals surface area contributed by atoms with Gasteiger partial charge in [-0.15, -0.1) is 10.2 Å². The van der Waals surface area contributed by atoms with E-state index in [1.807, 2.05) is 12.3 Å². The molecule has 0 N–H and O–H groups in total. The van der Waals surface area contributed by atoms with Gasteiger partial charge in [-0.3, -0.25) is 9.99 Å². The largest absolute Gasteiger partial charge is 0.264 e. The van der Waals surface area contributed by atoms with Gasteiger partial charge in [-0.25, -0.2) is 4.68 Å². The summed E-state index contributed by atoms with van der Waals surface area (Å²) in [6.07, 6.45) is 3.74. The van der Waals surface area contributed by atoms with Gasteiger partial charge in [0, 0.05) is 28.8 Å². The second-order valence-corrected chi connectivity index (χ2v) is 7.99. The van der Waals surface area contributed by atoms with Crippen molar-refractivity contribution in [2.75, 3.05) is 5.01 Å². The van der Waals surface area contributed by atoms with Crippen molar-refractivity contribution in [1.82, 2.24) is 19.9 Å². The smallest absolute Gasteiger partial charge is 0.216 e. The van der Waals surface area contributed by atoms with E-state index in [0.29, 0.717) is 0 Å². The maximum Gasteiger partial charge on any atom is 0.216 e. The molecule has 0 aromatic carbocycles. The van der Waals surface area contributed by atoms with Crippen molar-refractivity contribution in [3.8, 4) is 0 Å². The predicted octanol–water partition coefficient (Wildman–Crippen LogP) is 3.26. The third-order valence-corrected chi connectivity index (χ3v) is 5.60. The van der Waals surface area contributed by atoms with E-state index < -0.39 is 0 Å². The van der Waals surface area contributed by atoms with Crippen LogP contribution < -0.4 is 5.01 Å². The van der Waals surface area contributed by atoms with E-state index in [0.717, 1.165) is 11.0 Å². The monoisotopic (exact) mass is 317 g/mol. The SMILES string of the molecule is CC(C)(C)c1nnc2n1N1C(=CS[C@@H]1c1cccnc1)S2. The summed E-state index contributed by atoms with van der Waals surface area (Å²) in [6, 6.07) is 4.10. The Morgan fingerprint density at radius 1 is 1.24 bits per heavy atom. The summed E-state index contributed by atoms with van der Waals surface area (Å²) in [7, 11) is 0. The van der Waals surface area contributed by atoms with Gasteiger partial charge in [-0.2, -0.15) is 0 Å². The van der Waals surface area contributed by atoms with Gasteiger partial charge in [-0.05, 0) is 17.8 Å². The van der Waals surface area contributed by atoms with E-state index in [-0.39, 0.29) is 10.8 Å². The molecule has 21 heavy (non-hydrogen) atoms. The summed E-state index contributed by atoms with van der Waals surface area (Å²) < 4.78 is 2.16. The molecule has 0 fully saturated rings. The summed E-state index contributed by atoms with van der Waals surface area (Å²) in [4.78, 5) is 4.25. The standard InChI is InChI=1S/C14H15N5S2/c1-14(2,3)12-16-17-13-19(12)18-10(21-13)8-20-11(18)9-5-4-6-15-7-9/h4-8,11H,1-3H3/t11-/m1/s1. The quantitative estimate of drug-likeness (QED) is 0.804. The zero-order chi connectivity index (χ0) is 14.6. The molecule has 2 aliphatic heterocycles. The number of hydrogen-bond acceptors (Lipinski definition) is 6. The Morgan fingerprint density at radius 2 is 2.10 bits per heavy atom. The van der Waals surface area contributed by atoms with Gasteiger partial charge in [0.05, 0.1) is 0 Å². The lowest BCUT2D eigenvalue weighted by Crippen LogP contribution is -2.34. The molecule has 0 spiro atoms. The summed E-state index contributed by atoms with van der Waals surface area (Å²) >= 11 is 3.48. The van der Waals surface area contributed by atoms with Gasteiger partial charge in [0.25, 0.3) is 0 Å². The van der Waals surface area contributed by atoms with Crippen molar-refractivity contribution < 1.29 is 0 Å². The second kappa shape index (κ2) is 4.51. The number of rotatable bonds is 1. The van der Waals surface area contributed by atoms with E-state index in [4.69, 9.17) is 0 Å². The lowest BCUT2D eigenvalue weighted by Gasteiger charge is -2.28. The summed E-state index contributed by atoms with van der Waals surface area (Å²) in [5.41, 5.74) is 1.14. The normalized spacial score (nSPS) is 20.4. The fourth-order valence-electron chi connectivity index (χ4n) is 2.45. The molecule has 7 heteroatoms. The van der Waals surface area contributed by atoms with Crippen LogP contribution in [-0.4, -0.2) is 19.9 Å². The molecule has 0 saturated carbocycles. The van der Waals surface area contributed by atoms with Crippen LogP contribution in [-0.2, 0) is 5.41 Å². The molecule has 1 atom stereocenters. The van der Waals surface area contributed by atoms with Crippen LogP contribution in [0.2, 0.25) is 0 Å². The molecule has 5 nitrogen and oxygen atoms in total. The molecule has 0 amide bonds. The number of thioether (sulfide) groups is 2. The van der Waals surface area contributed by atoms with Crippen LogP contribution in [0.15, 0.2) is 40.1 Å². The Hall–Kier alpha value is -1.47. The minimum Gasteiger partial charge on any atom is -0.264 e. The van der Waals surface area contributed by atoms with E-state index in [9.17, 15) is 0 Å². The van der Waals surface area contributed by atoms with E-state index >= 15 is 0 Å². The van der Waals surface area contributed by atoms with Crippen LogP contribution in [0.1, 0.15) is 37.5 Å². The zero-order valence-electron chi connectivity index (χ0n) is 12.0. The predicted molar refractivity (Wildman–Crippen MR) is 85.4 cm³/mol. The Bertz CT molecular complexity index is 717. The van der Waals surface area contributed by atoms with E-state index in [1.165, 1.54) is 10.6 Å². The summed E-state index contributed by atoms with van der Waals surface area (Å²) in [5.74, 6) is 0.991. The minimum atomic E-state index is -0.0476. The summed E-state index contributed by atoms with van der Waals surface area (Å²) in [6.45, 7) is 6.50. The molecule has 108 valence electrons. The third-order valence-electron chi connectivity index (χ3n) is 3.41. The fraction of sp³-hybridized carbons (Fsp3) is 0.357. The molecule has 4 heterocycles. The molecule has 2 aromatic rings. The molecule has 0 radical (unpaired) electrons. The number of aromatic nitrogens is 4. The van der Waals surface area contributed by atoms with E-state index in [2.05, 4.69) is 57.1 Å². The lowest BCUT2D eigenvalue weighted by atomic mass is 9.96. The van der Waals surface area contributed by atoms with Crippen LogP contribution in [0.25, 0.3) is 0 Å². The Morgan fingerprint density at radius 3 is 2.81 bits per heavy atom. The average Bonchev–Trinajstić information content (AvgIpc) is 3.08. The van der Waals surface area contributed by atoms with Crippen molar-refractivity contribution >= 4 is 23.5 Å². The maximum absolute atomic E-state index is 4.40. The lowest BCUT2D eigenvalue weighted by molar-refractivity contribution is 0.485. The number of pyridine rings is 1. The molecule has 0 aliphatic carbocycles. The van der Waals surface area contributed by atoms with Crippen LogP contribution in [0.3, 0.4) is 0 Å². The van der Waals surface area contributed by atoms with Crippen molar-refractivity contribution in [1.29, 1.82) is 0 Å². The van der Waals surface area contributed by atoms with Gasteiger partial charge in [0.1, 0.15) is 10.4 Å². The minimum absolute atomic E-state index is 0.0476. The van der Waals surface area contributed by atoms with Gasteiger partial charge in [0.15, 0.2) is 5.82 Å². The zero-order valence-corrected chi connectivity index (χ0v) is 13.6. The first-order valence-electron chi connectivity index (χ1n) is 6.74. The highest BCUT2D eigenvalue weighted by Crippen LogP contribution is 2.51. The molecule has 4 rings (SSSR count). The Balaban J connectivity index is 1.81. The summed E-state index contributed by atoms with van der Waals surface area (Å²) in [5, 5.41) is 15.6. The van der Waals surface area contributed by atoms with Gasteiger partial charge < -0.3 is 0 Å². The van der Waals surface area contributed by atoms with Gasteiger partial charge >= 0.3 is 0 Å². The highest BCUT2D eigenvalue weighted by Gasteiger charge is 2.41. The fourth-order valence-corrected chi connectivity index (χ4v) is 4.66. The topological polar surface area (TPSA) is 46.8 Å². The van der Waals surface area contributed by atoms with Crippen LogP contribution in [0.4, 0.5) is 0 Å². The maximum atomic E-state index is 4.40. The molecular formula is C14H15N5S2. The molecule has 2 aromatic heterocycles. The second-order valence-electron chi connectivity index (χ2n) is 6.05. The van der Waals surface area contributed by atoms with Crippen molar-refractivity contribution in [3.05, 3.63) is 46.4 Å². The third kappa shape index (κ3) is 1.98. The first kappa shape index (κ1) is 13.2. The van der Waals surface area contributed by atoms with Crippen LogP contribution >= 0.6 is 23.5 Å². The van der Waals surface area contributed by atoms with Crippen molar-refractivity contribution in [3.63, 3.8) is 0 Å². The van der Waals surface area contributed by atoms with Crippen molar-refractivity contribution in [2.24, 2.45) is 0 Å². The van der Waals surface area contributed by atoms with Crippen LogP contribution in [0.5, 0.6) is 0 Å². The van der Waals surface area contributed by atoms with Crippen molar-refractivity contribution in [2.45, 2.75) is 36.7 Å². The molecule has 0 bridgehead atoms. The first-order chi connectivity index (χ1) is 10.1. The molecule has 0 saturated heterocycles. The first-order valence-corrected chi connectivity index (χ1v) is 8.50. The highest BCUT2D eigenvalue weighted by molar-refractivity contribution is 8.07. The molecular weight excluding hydrogens is 302 g/mol.